The van der Waals surface area contributed by atoms with Gasteiger partial charge in [-0.15, -0.1) is 0 Å². The Morgan fingerprint density at radius 1 is 1.50 bits per heavy atom. The third-order valence-corrected chi connectivity index (χ3v) is 1.75. The van der Waals surface area contributed by atoms with Crippen LogP contribution in [-0.2, 0) is 0 Å². The minimum absolute atomic E-state index is 0.736. The highest BCUT2D eigenvalue weighted by molar-refractivity contribution is 5.51. The number of allylic oxidation sites excluding steroid dienone is 6. The minimum atomic E-state index is 0.736. The second-order valence-corrected chi connectivity index (χ2v) is 2.41. The van der Waals surface area contributed by atoms with Crippen LogP contribution >= 0.6 is 0 Å². The van der Waals surface area contributed by atoms with Crippen LogP contribution in [-0.4, -0.2) is 0 Å². The van der Waals surface area contributed by atoms with Crippen molar-refractivity contribution in [3.05, 3.63) is 35.5 Å². The first kappa shape index (κ1) is 4.13. The van der Waals surface area contributed by atoms with Crippen molar-refractivity contribution in [3.63, 3.8) is 0 Å². The van der Waals surface area contributed by atoms with Gasteiger partial charge in [0.25, 0.3) is 0 Å². The van der Waals surface area contributed by atoms with Crippen molar-refractivity contribution >= 4 is 0 Å². The van der Waals surface area contributed by atoms with Gasteiger partial charge >= 0.3 is 0 Å². The molecule has 0 aromatic rings. The molecule has 0 aromatic heterocycles. The minimum Gasteiger partial charge on any atom is -0.0688 e. The van der Waals surface area contributed by atoms with E-state index in [1.165, 1.54) is 11.1 Å². The summed E-state index contributed by atoms with van der Waals surface area (Å²) in [5.74, 6) is 0.736. The predicted octanol–water partition coefficient (Wildman–Crippen LogP) is 2.06. The standard InChI is InChI=1S/C8H8/c1-6-3-2-4-7-5-8(6)7/h2-5,8H,1H3. The lowest BCUT2D eigenvalue weighted by atomic mass is 10.1. The maximum atomic E-state index is 2.29. The second-order valence-electron chi connectivity index (χ2n) is 2.41. The smallest absolute Gasteiger partial charge is 0.0231 e. The van der Waals surface area contributed by atoms with Crippen molar-refractivity contribution in [2.75, 3.05) is 0 Å². The molecule has 0 saturated heterocycles. The SMILES string of the molecule is CC1=CC=CC2=CC12. The highest BCUT2D eigenvalue weighted by atomic mass is 14.3. The lowest BCUT2D eigenvalue weighted by Crippen LogP contribution is -1.84. The van der Waals surface area contributed by atoms with E-state index in [1.807, 2.05) is 0 Å². The molecule has 0 bridgehead atoms. The normalized spacial score (nSPS) is 30.9. The first-order chi connectivity index (χ1) is 3.88. The number of rotatable bonds is 0. The monoisotopic (exact) mass is 104 g/mol. The lowest BCUT2D eigenvalue weighted by molar-refractivity contribution is 1.06. The zero-order chi connectivity index (χ0) is 5.56. The van der Waals surface area contributed by atoms with Gasteiger partial charge in [0, 0.05) is 5.92 Å². The summed E-state index contributed by atoms with van der Waals surface area (Å²) >= 11 is 0. The van der Waals surface area contributed by atoms with Crippen LogP contribution in [0.1, 0.15) is 6.92 Å². The summed E-state index contributed by atoms with van der Waals surface area (Å²) in [6, 6.07) is 0. The van der Waals surface area contributed by atoms with Crippen LogP contribution < -0.4 is 0 Å². The van der Waals surface area contributed by atoms with E-state index in [0.717, 1.165) is 5.92 Å². The molecule has 8 heavy (non-hydrogen) atoms. The van der Waals surface area contributed by atoms with Gasteiger partial charge in [-0.05, 0) is 12.5 Å². The Balaban J connectivity index is 2.37. The molecule has 40 valence electrons. The van der Waals surface area contributed by atoms with Gasteiger partial charge in [-0.2, -0.15) is 0 Å². The van der Waals surface area contributed by atoms with E-state index < -0.39 is 0 Å². The van der Waals surface area contributed by atoms with Gasteiger partial charge in [-0.25, -0.2) is 0 Å². The van der Waals surface area contributed by atoms with Crippen molar-refractivity contribution in [3.8, 4) is 0 Å². The average molecular weight is 104 g/mol. The molecule has 2 rings (SSSR count). The van der Waals surface area contributed by atoms with Crippen molar-refractivity contribution in [2.45, 2.75) is 6.92 Å². The molecule has 0 amide bonds. The van der Waals surface area contributed by atoms with Gasteiger partial charge < -0.3 is 0 Å². The van der Waals surface area contributed by atoms with Gasteiger partial charge in [0.2, 0.25) is 0 Å². The molecule has 0 aliphatic heterocycles. The molecule has 1 atom stereocenters. The van der Waals surface area contributed by atoms with Gasteiger partial charge in [0.05, 0.1) is 0 Å². The first-order valence-electron chi connectivity index (χ1n) is 2.94. The summed E-state index contributed by atoms with van der Waals surface area (Å²) in [5, 5.41) is 0. The Kier molecular flexibility index (Phi) is 0.587. The van der Waals surface area contributed by atoms with Crippen molar-refractivity contribution in [2.24, 2.45) is 5.92 Å². The van der Waals surface area contributed by atoms with Crippen molar-refractivity contribution < 1.29 is 0 Å². The van der Waals surface area contributed by atoms with Gasteiger partial charge in [0.1, 0.15) is 0 Å². The molecule has 2 aliphatic carbocycles. The summed E-state index contributed by atoms with van der Waals surface area (Å²) < 4.78 is 0. The summed E-state index contributed by atoms with van der Waals surface area (Å²) in [6.07, 6.45) is 8.76. The highest BCUT2D eigenvalue weighted by Crippen LogP contribution is 2.38. The fraction of sp³-hybridized carbons (Fsp3) is 0.250. The Morgan fingerprint density at radius 3 is 3.00 bits per heavy atom. The van der Waals surface area contributed by atoms with E-state index in [1.54, 1.807) is 0 Å². The van der Waals surface area contributed by atoms with Crippen LogP contribution in [0.3, 0.4) is 0 Å². The number of hydrogen-bond donors (Lipinski definition) is 0. The average Bonchev–Trinajstić information content (AvgIpc) is 2.45. The molecule has 0 N–H and O–H groups in total. The van der Waals surface area contributed by atoms with Crippen LogP contribution in [0.15, 0.2) is 35.5 Å². The maximum absolute atomic E-state index is 2.29. The van der Waals surface area contributed by atoms with Crippen LogP contribution in [0.5, 0.6) is 0 Å². The van der Waals surface area contributed by atoms with Crippen LogP contribution in [0.2, 0.25) is 0 Å². The Labute approximate surface area is 49.2 Å². The maximum Gasteiger partial charge on any atom is 0.0231 e. The van der Waals surface area contributed by atoms with E-state index in [4.69, 9.17) is 0 Å². The molecule has 0 heteroatoms. The summed E-state index contributed by atoms with van der Waals surface area (Å²) in [4.78, 5) is 0. The molecule has 0 saturated carbocycles. The van der Waals surface area contributed by atoms with Crippen LogP contribution in [0, 0.1) is 5.92 Å². The van der Waals surface area contributed by atoms with Gasteiger partial charge in [0.15, 0.2) is 0 Å². The van der Waals surface area contributed by atoms with Crippen LogP contribution in [0.25, 0.3) is 0 Å². The Hall–Kier alpha value is -0.780. The van der Waals surface area contributed by atoms with Gasteiger partial charge in [-0.3, -0.25) is 0 Å². The third-order valence-electron chi connectivity index (χ3n) is 1.75. The molecule has 0 nitrogen and oxygen atoms in total. The Morgan fingerprint density at radius 2 is 2.38 bits per heavy atom. The molecule has 0 spiro atoms. The van der Waals surface area contributed by atoms with E-state index in [-0.39, 0.29) is 0 Å². The molecule has 0 heterocycles. The fourth-order valence-corrected chi connectivity index (χ4v) is 1.11. The summed E-state index contributed by atoms with van der Waals surface area (Å²) in [6.45, 7) is 2.18. The van der Waals surface area contributed by atoms with E-state index >= 15 is 0 Å². The van der Waals surface area contributed by atoms with Crippen molar-refractivity contribution in [1.29, 1.82) is 0 Å². The topological polar surface area (TPSA) is 0 Å². The largest absolute Gasteiger partial charge is 0.0688 e. The molecular weight excluding hydrogens is 96.1 g/mol. The van der Waals surface area contributed by atoms with Crippen LogP contribution in [0.4, 0.5) is 0 Å². The first-order valence-corrected chi connectivity index (χ1v) is 2.94. The molecule has 2 aliphatic rings. The molecule has 0 fully saturated rings. The fourth-order valence-electron chi connectivity index (χ4n) is 1.11. The van der Waals surface area contributed by atoms with E-state index in [0.29, 0.717) is 0 Å². The summed E-state index contributed by atoms with van der Waals surface area (Å²) in [7, 11) is 0. The second kappa shape index (κ2) is 1.13. The number of fused-ring (bicyclic) bond motifs is 1. The molecule has 1 unspecified atom stereocenters. The molecule has 0 radical (unpaired) electrons. The third kappa shape index (κ3) is 0.401. The van der Waals surface area contributed by atoms with E-state index in [2.05, 4.69) is 31.2 Å². The summed E-state index contributed by atoms with van der Waals surface area (Å²) in [5.41, 5.74) is 2.99. The zero-order valence-corrected chi connectivity index (χ0v) is 4.89. The molecule has 0 aromatic carbocycles. The zero-order valence-electron chi connectivity index (χ0n) is 4.89. The highest BCUT2D eigenvalue weighted by Gasteiger charge is 2.24. The Bertz CT molecular complexity index is 204. The number of hydrogen-bond acceptors (Lipinski definition) is 0. The van der Waals surface area contributed by atoms with E-state index in [9.17, 15) is 0 Å². The quantitative estimate of drug-likeness (QED) is 0.441. The van der Waals surface area contributed by atoms with Gasteiger partial charge in [-0.1, -0.05) is 29.9 Å². The lowest BCUT2D eigenvalue weighted by Gasteiger charge is -1.99. The predicted molar refractivity (Wildman–Crippen MR) is 34.5 cm³/mol. The molecular formula is C8H8. The van der Waals surface area contributed by atoms with Crippen molar-refractivity contribution in [1.82, 2.24) is 0 Å².